The maximum atomic E-state index is 12.8. The monoisotopic (exact) mass is 417 g/mol. The lowest BCUT2D eigenvalue weighted by Gasteiger charge is -2.12. The highest BCUT2D eigenvalue weighted by molar-refractivity contribution is 6.30. The van der Waals surface area contributed by atoms with E-state index >= 15 is 0 Å². The van der Waals surface area contributed by atoms with Crippen LogP contribution in [0.15, 0.2) is 60.8 Å². The molecule has 0 aliphatic rings. The van der Waals surface area contributed by atoms with Crippen molar-refractivity contribution in [3.05, 3.63) is 82.5 Å². The first-order valence-electron chi connectivity index (χ1n) is 8.79. The van der Waals surface area contributed by atoms with Gasteiger partial charge in [0.2, 0.25) is 5.88 Å². The molecule has 3 rings (SSSR count). The molecule has 1 aromatic heterocycles. The van der Waals surface area contributed by atoms with Crippen LogP contribution in [-0.4, -0.2) is 24.7 Å². The van der Waals surface area contributed by atoms with E-state index in [0.717, 1.165) is 16.7 Å². The number of nitrogens with zero attached hydrogens (tertiary/aromatic N) is 1. The molecule has 150 valence electrons. The molecule has 0 N–H and O–H groups in total. The highest BCUT2D eigenvalue weighted by Gasteiger charge is 2.14. The molecule has 0 saturated carbocycles. The van der Waals surface area contributed by atoms with Gasteiger partial charge in [-0.15, -0.1) is 0 Å². The molecule has 7 heteroatoms. The Hall–Kier alpha value is -2.99. The molecule has 4 nitrogen and oxygen atoms in total. The number of carbonyl (C=O) groups is 1. The number of carbonyl (C=O) groups excluding carboxylic acids is 1. The van der Waals surface area contributed by atoms with E-state index in [0.29, 0.717) is 22.6 Å². The summed E-state index contributed by atoms with van der Waals surface area (Å²) in [6.45, 7) is -2.98. The van der Waals surface area contributed by atoms with Crippen molar-refractivity contribution < 1.29 is 23.0 Å². The molecule has 0 fully saturated rings. The summed E-state index contributed by atoms with van der Waals surface area (Å²) in [4.78, 5) is 15.4. The maximum Gasteiger partial charge on any atom is 0.388 e. The Bertz CT molecular complexity index is 994. The second-order valence-electron chi connectivity index (χ2n) is 6.33. The molecule has 0 saturated heterocycles. The van der Waals surface area contributed by atoms with Crippen LogP contribution >= 0.6 is 11.6 Å². The molecule has 2 aromatic carbocycles. The first-order chi connectivity index (χ1) is 13.9. The smallest absolute Gasteiger partial charge is 0.388 e. The van der Waals surface area contributed by atoms with Crippen LogP contribution < -0.4 is 4.74 Å². The van der Waals surface area contributed by atoms with Crippen molar-refractivity contribution in [3.63, 3.8) is 0 Å². The normalized spacial score (nSPS) is 10.8. The summed E-state index contributed by atoms with van der Waals surface area (Å²) in [5.41, 5.74) is 3.73. The lowest BCUT2D eigenvalue weighted by molar-refractivity contribution is -0.139. The average molecular weight is 418 g/mol. The van der Waals surface area contributed by atoms with Crippen molar-refractivity contribution in [3.8, 4) is 17.0 Å². The third kappa shape index (κ3) is 5.74. The minimum Gasteiger partial charge on any atom is -0.469 e. The Kier molecular flexibility index (Phi) is 6.77. The number of hydrogen-bond acceptors (Lipinski definition) is 4. The summed E-state index contributed by atoms with van der Waals surface area (Å²) in [7, 11) is 1.35. The number of esters is 1. The first-order valence-corrected chi connectivity index (χ1v) is 9.16. The fourth-order valence-electron chi connectivity index (χ4n) is 2.88. The van der Waals surface area contributed by atoms with Crippen LogP contribution in [-0.2, 0) is 22.4 Å². The summed E-state index contributed by atoms with van der Waals surface area (Å²) in [5.74, 6) is -0.456. The summed E-state index contributed by atoms with van der Waals surface area (Å²) in [6.07, 6.45) is 2.25. The Morgan fingerprint density at radius 1 is 1.07 bits per heavy atom. The van der Waals surface area contributed by atoms with E-state index in [-0.39, 0.29) is 18.3 Å². The van der Waals surface area contributed by atoms with Crippen molar-refractivity contribution in [1.29, 1.82) is 0 Å². The summed E-state index contributed by atoms with van der Waals surface area (Å²) in [5, 5.41) is 0.483. The van der Waals surface area contributed by atoms with Crippen LogP contribution in [0.1, 0.15) is 16.7 Å². The molecular formula is C22H18ClF2NO3. The molecule has 0 bridgehead atoms. The van der Waals surface area contributed by atoms with Crippen molar-refractivity contribution in [2.45, 2.75) is 19.5 Å². The number of halogens is 3. The highest BCUT2D eigenvalue weighted by Crippen LogP contribution is 2.32. The van der Waals surface area contributed by atoms with Crippen LogP contribution in [0.4, 0.5) is 8.78 Å². The molecule has 0 radical (unpaired) electrons. The largest absolute Gasteiger partial charge is 0.469 e. The minimum absolute atomic E-state index is 0.153. The molecule has 1 heterocycles. The predicted octanol–water partition coefficient (Wildman–Crippen LogP) is 5.31. The molecule has 0 atom stereocenters. The highest BCUT2D eigenvalue weighted by atomic mass is 35.5. The zero-order valence-corrected chi connectivity index (χ0v) is 16.3. The van der Waals surface area contributed by atoms with Gasteiger partial charge in [0.1, 0.15) is 0 Å². The van der Waals surface area contributed by atoms with Gasteiger partial charge < -0.3 is 9.47 Å². The summed E-state index contributed by atoms with van der Waals surface area (Å²) in [6, 6.07) is 16.1. The molecule has 0 aliphatic heterocycles. The van der Waals surface area contributed by atoms with Crippen molar-refractivity contribution in [1.82, 2.24) is 4.98 Å². The molecule has 0 amide bonds. The number of benzene rings is 2. The van der Waals surface area contributed by atoms with Gasteiger partial charge in [-0.25, -0.2) is 4.98 Å². The number of rotatable bonds is 7. The third-order valence-corrected chi connectivity index (χ3v) is 4.49. The van der Waals surface area contributed by atoms with Crippen LogP contribution in [0, 0.1) is 0 Å². The van der Waals surface area contributed by atoms with E-state index in [9.17, 15) is 13.6 Å². The Labute approximate surface area is 172 Å². The fraction of sp³-hybridized carbons (Fsp3) is 0.182. The maximum absolute atomic E-state index is 12.8. The van der Waals surface area contributed by atoms with Crippen LogP contribution in [0.5, 0.6) is 5.88 Å². The molecule has 0 spiro atoms. The van der Waals surface area contributed by atoms with Gasteiger partial charge in [-0.2, -0.15) is 8.78 Å². The van der Waals surface area contributed by atoms with E-state index < -0.39 is 6.61 Å². The SMILES string of the molecule is COC(=O)Cc1ccc(Cc2cnc(OC(F)F)c(-c3cccc(Cl)c3)c2)cc1. The van der Waals surface area contributed by atoms with Crippen LogP contribution in [0.3, 0.4) is 0 Å². The van der Waals surface area contributed by atoms with Gasteiger partial charge in [0.05, 0.1) is 13.5 Å². The zero-order valence-electron chi connectivity index (χ0n) is 15.6. The lowest BCUT2D eigenvalue weighted by atomic mass is 10.0. The Balaban J connectivity index is 1.86. The topological polar surface area (TPSA) is 48.4 Å². The van der Waals surface area contributed by atoms with Gasteiger partial charge in [-0.3, -0.25) is 4.79 Å². The van der Waals surface area contributed by atoms with Gasteiger partial charge >= 0.3 is 12.6 Å². The lowest BCUT2D eigenvalue weighted by Crippen LogP contribution is -2.06. The molecular weight excluding hydrogens is 400 g/mol. The second-order valence-corrected chi connectivity index (χ2v) is 6.77. The quantitative estimate of drug-likeness (QED) is 0.489. The fourth-order valence-corrected chi connectivity index (χ4v) is 3.07. The Morgan fingerprint density at radius 2 is 1.79 bits per heavy atom. The van der Waals surface area contributed by atoms with Gasteiger partial charge in [0.25, 0.3) is 0 Å². The third-order valence-electron chi connectivity index (χ3n) is 4.25. The van der Waals surface area contributed by atoms with E-state index in [2.05, 4.69) is 14.5 Å². The minimum atomic E-state index is -2.98. The standard InChI is InChI=1S/C22H18ClF2NO3/c1-28-20(27)11-15-7-5-14(6-8-15)9-16-10-19(17-3-2-4-18(23)12-17)21(26-13-16)29-22(24)25/h2-8,10,12-13,22H,9,11H2,1H3. The zero-order chi connectivity index (χ0) is 20.8. The molecule has 3 aromatic rings. The first kappa shape index (κ1) is 20.7. The van der Waals surface area contributed by atoms with Crippen molar-refractivity contribution in [2.24, 2.45) is 0 Å². The van der Waals surface area contributed by atoms with Crippen molar-refractivity contribution in [2.75, 3.05) is 7.11 Å². The summed E-state index contributed by atoms with van der Waals surface area (Å²) >= 11 is 6.04. The second kappa shape index (κ2) is 9.47. The number of pyridine rings is 1. The Morgan fingerprint density at radius 3 is 2.45 bits per heavy atom. The predicted molar refractivity (Wildman–Crippen MR) is 106 cm³/mol. The van der Waals surface area contributed by atoms with E-state index in [4.69, 9.17) is 11.6 Å². The molecule has 29 heavy (non-hydrogen) atoms. The number of aromatic nitrogens is 1. The summed E-state index contributed by atoms with van der Waals surface area (Å²) < 4.78 is 34.8. The average Bonchev–Trinajstić information content (AvgIpc) is 2.70. The van der Waals surface area contributed by atoms with E-state index in [1.807, 2.05) is 24.3 Å². The number of ether oxygens (including phenoxy) is 2. The van der Waals surface area contributed by atoms with Gasteiger partial charge in [-0.1, -0.05) is 48.0 Å². The van der Waals surface area contributed by atoms with Gasteiger partial charge in [0, 0.05) is 16.8 Å². The van der Waals surface area contributed by atoms with E-state index in [1.54, 1.807) is 30.3 Å². The van der Waals surface area contributed by atoms with Gasteiger partial charge in [0.15, 0.2) is 0 Å². The number of methoxy groups -OCH3 is 1. The van der Waals surface area contributed by atoms with E-state index in [1.165, 1.54) is 13.3 Å². The van der Waals surface area contributed by atoms with Crippen LogP contribution in [0.25, 0.3) is 11.1 Å². The molecule has 0 unspecified atom stereocenters. The number of alkyl halides is 2. The van der Waals surface area contributed by atoms with Crippen molar-refractivity contribution >= 4 is 17.6 Å². The molecule has 0 aliphatic carbocycles. The van der Waals surface area contributed by atoms with Crippen LogP contribution in [0.2, 0.25) is 5.02 Å². The van der Waals surface area contributed by atoms with Gasteiger partial charge in [-0.05, 0) is 46.9 Å². The number of hydrogen-bond donors (Lipinski definition) is 0.